The molecular weight excluding hydrogens is 416 g/mol. The Hall–Kier alpha value is -1.73. The lowest BCUT2D eigenvalue weighted by atomic mass is 9.89. The summed E-state index contributed by atoms with van der Waals surface area (Å²) < 4.78 is 10.8. The quantitative estimate of drug-likeness (QED) is 0.466. The number of hydrogen-bond acceptors (Lipinski definition) is 6. The number of hydrogen-bond donors (Lipinski definition) is 1. The molecule has 6 nitrogen and oxygen atoms in total. The van der Waals surface area contributed by atoms with Crippen molar-refractivity contribution in [2.75, 3.05) is 6.61 Å². The molecule has 7 heteroatoms. The van der Waals surface area contributed by atoms with Crippen LogP contribution in [0.3, 0.4) is 0 Å². The highest BCUT2D eigenvalue weighted by Crippen LogP contribution is 2.21. The lowest BCUT2D eigenvalue weighted by Gasteiger charge is -2.21. The van der Waals surface area contributed by atoms with Gasteiger partial charge in [-0.15, -0.1) is 0 Å². The van der Waals surface area contributed by atoms with E-state index in [0.717, 1.165) is 10.0 Å². The van der Waals surface area contributed by atoms with Crippen molar-refractivity contribution in [2.45, 2.75) is 58.7 Å². The Morgan fingerprint density at radius 2 is 1.74 bits per heavy atom. The van der Waals surface area contributed by atoms with Crippen LogP contribution in [0, 0.1) is 5.92 Å². The second-order valence-corrected chi connectivity index (χ2v) is 8.25. The van der Waals surface area contributed by atoms with E-state index in [2.05, 4.69) is 15.9 Å². The van der Waals surface area contributed by atoms with Gasteiger partial charge in [0.1, 0.15) is 5.60 Å². The average molecular weight is 443 g/mol. The van der Waals surface area contributed by atoms with Crippen LogP contribution in [0.5, 0.6) is 0 Å². The molecule has 0 heterocycles. The number of aliphatic hydroxyl groups is 1. The highest BCUT2D eigenvalue weighted by atomic mass is 79.9. The molecule has 2 atom stereocenters. The molecule has 27 heavy (non-hydrogen) atoms. The lowest BCUT2D eigenvalue weighted by Crippen LogP contribution is -2.32. The minimum Gasteiger partial charge on any atom is -0.464 e. The number of benzene rings is 1. The van der Waals surface area contributed by atoms with Gasteiger partial charge >= 0.3 is 11.9 Å². The van der Waals surface area contributed by atoms with Gasteiger partial charge in [0.05, 0.1) is 6.61 Å². The van der Waals surface area contributed by atoms with Crippen molar-refractivity contribution < 1.29 is 29.0 Å². The summed E-state index contributed by atoms with van der Waals surface area (Å²) in [6.45, 7) is 6.85. The van der Waals surface area contributed by atoms with Gasteiger partial charge in [0.15, 0.2) is 6.10 Å². The Bertz CT molecular complexity index is 647. The van der Waals surface area contributed by atoms with Crippen LogP contribution in [0.4, 0.5) is 0 Å². The van der Waals surface area contributed by atoms with Gasteiger partial charge in [0.2, 0.25) is 5.78 Å². The number of Topliss-reactive ketones (excluding diaryl/α,β-unsaturated/α-hetero) is 1. The molecule has 0 unspecified atom stereocenters. The topological polar surface area (TPSA) is 89.9 Å². The summed E-state index contributed by atoms with van der Waals surface area (Å²) >= 11 is 3.36. The summed E-state index contributed by atoms with van der Waals surface area (Å²) in [5, 5.41) is 10.1. The zero-order valence-electron chi connectivity index (χ0n) is 16.2. The van der Waals surface area contributed by atoms with E-state index in [9.17, 15) is 19.5 Å². The minimum atomic E-state index is -1.35. The molecule has 0 saturated carbocycles. The van der Waals surface area contributed by atoms with Crippen LogP contribution in [-0.2, 0) is 30.3 Å². The number of carbonyl (C=O) groups excluding carboxylic acids is 3. The standard InChI is InChI=1S/C20H27BrO6/c1-5-26-18(24)16(22)11-14(10-13-6-8-15(21)9-7-13)12-17(23)19(25)27-20(2,3)4/h6-9,14,16,22H,5,10-12H2,1-4H3/t14-,16-/m1/s1. The van der Waals surface area contributed by atoms with Gasteiger partial charge in [-0.1, -0.05) is 28.1 Å². The fourth-order valence-corrected chi connectivity index (χ4v) is 2.79. The maximum absolute atomic E-state index is 12.3. The summed E-state index contributed by atoms with van der Waals surface area (Å²) in [7, 11) is 0. The molecule has 150 valence electrons. The zero-order valence-corrected chi connectivity index (χ0v) is 17.7. The summed E-state index contributed by atoms with van der Waals surface area (Å²) in [6.07, 6.45) is -1.03. The van der Waals surface area contributed by atoms with Crippen molar-refractivity contribution in [3.63, 3.8) is 0 Å². The van der Waals surface area contributed by atoms with Crippen molar-refractivity contribution in [2.24, 2.45) is 5.92 Å². The first-order valence-corrected chi connectivity index (χ1v) is 9.66. The van der Waals surface area contributed by atoms with E-state index in [1.807, 2.05) is 24.3 Å². The van der Waals surface area contributed by atoms with Crippen LogP contribution in [0.15, 0.2) is 28.7 Å². The van der Waals surface area contributed by atoms with Crippen molar-refractivity contribution in [1.82, 2.24) is 0 Å². The van der Waals surface area contributed by atoms with Gasteiger partial charge in [-0.2, -0.15) is 0 Å². The lowest BCUT2D eigenvalue weighted by molar-refractivity contribution is -0.163. The van der Waals surface area contributed by atoms with E-state index in [1.54, 1.807) is 27.7 Å². The molecular formula is C20H27BrO6. The molecule has 1 N–H and O–H groups in total. The van der Waals surface area contributed by atoms with E-state index in [1.165, 1.54) is 0 Å². The highest BCUT2D eigenvalue weighted by molar-refractivity contribution is 9.10. The van der Waals surface area contributed by atoms with Gasteiger partial charge in [-0.25, -0.2) is 9.59 Å². The number of ether oxygens (including phenoxy) is 2. The number of halogens is 1. The second kappa shape index (κ2) is 10.6. The number of esters is 2. The van der Waals surface area contributed by atoms with Gasteiger partial charge in [-0.3, -0.25) is 4.79 Å². The molecule has 0 aromatic heterocycles. The van der Waals surface area contributed by atoms with Crippen molar-refractivity contribution in [3.05, 3.63) is 34.3 Å². The first-order chi connectivity index (χ1) is 12.5. The molecule has 1 rings (SSSR count). The SMILES string of the molecule is CCOC(=O)[C@H](O)C[C@H](CC(=O)C(=O)OC(C)(C)C)Cc1ccc(Br)cc1. The van der Waals surface area contributed by atoms with Crippen LogP contribution < -0.4 is 0 Å². The van der Waals surface area contributed by atoms with Crippen LogP contribution >= 0.6 is 15.9 Å². The third-order valence-electron chi connectivity index (χ3n) is 3.65. The highest BCUT2D eigenvalue weighted by Gasteiger charge is 2.28. The van der Waals surface area contributed by atoms with E-state index in [-0.39, 0.29) is 19.4 Å². The largest absolute Gasteiger partial charge is 0.464 e. The van der Waals surface area contributed by atoms with Crippen molar-refractivity contribution >= 4 is 33.7 Å². The Morgan fingerprint density at radius 1 is 1.15 bits per heavy atom. The average Bonchev–Trinajstić information content (AvgIpc) is 2.55. The fraction of sp³-hybridized carbons (Fsp3) is 0.550. The molecule has 0 aliphatic rings. The Labute approximate surface area is 168 Å². The van der Waals surface area contributed by atoms with Crippen LogP contribution in [0.25, 0.3) is 0 Å². The van der Waals surface area contributed by atoms with E-state index < -0.39 is 35.3 Å². The predicted molar refractivity (Wildman–Crippen MR) is 104 cm³/mol. The molecule has 0 fully saturated rings. The molecule has 1 aromatic rings. The molecule has 0 bridgehead atoms. The summed E-state index contributed by atoms with van der Waals surface area (Å²) in [5.74, 6) is -2.73. The van der Waals surface area contributed by atoms with E-state index >= 15 is 0 Å². The Balaban J connectivity index is 2.85. The van der Waals surface area contributed by atoms with Crippen molar-refractivity contribution in [3.8, 4) is 0 Å². The Kier molecular flexibility index (Phi) is 9.12. The van der Waals surface area contributed by atoms with Gasteiger partial charge in [0, 0.05) is 10.9 Å². The minimum absolute atomic E-state index is 0.0173. The first kappa shape index (κ1) is 23.3. The van der Waals surface area contributed by atoms with Crippen molar-refractivity contribution in [1.29, 1.82) is 0 Å². The molecule has 1 aromatic carbocycles. The van der Waals surface area contributed by atoms with E-state index in [0.29, 0.717) is 6.42 Å². The number of carbonyl (C=O) groups is 3. The number of aliphatic hydroxyl groups excluding tert-OH is 1. The van der Waals surface area contributed by atoms with Crippen LogP contribution in [0.2, 0.25) is 0 Å². The molecule has 0 saturated heterocycles. The summed E-state index contributed by atoms with van der Waals surface area (Å²) in [4.78, 5) is 36.0. The maximum atomic E-state index is 12.3. The van der Waals surface area contributed by atoms with Crippen LogP contribution in [-0.4, -0.2) is 41.1 Å². The second-order valence-electron chi connectivity index (χ2n) is 7.33. The van der Waals surface area contributed by atoms with Gasteiger partial charge in [0.25, 0.3) is 0 Å². The van der Waals surface area contributed by atoms with Crippen LogP contribution in [0.1, 0.15) is 46.1 Å². The first-order valence-electron chi connectivity index (χ1n) is 8.87. The zero-order chi connectivity index (χ0) is 20.6. The molecule has 0 aliphatic heterocycles. The maximum Gasteiger partial charge on any atom is 0.375 e. The predicted octanol–water partition coefficient (Wildman–Crippen LogP) is 3.22. The number of rotatable bonds is 9. The molecule has 0 aliphatic carbocycles. The fourth-order valence-electron chi connectivity index (χ4n) is 2.52. The third-order valence-corrected chi connectivity index (χ3v) is 4.18. The number of ketones is 1. The molecule has 0 radical (unpaired) electrons. The third kappa shape index (κ3) is 9.15. The smallest absolute Gasteiger partial charge is 0.375 e. The Morgan fingerprint density at radius 3 is 2.26 bits per heavy atom. The van der Waals surface area contributed by atoms with Gasteiger partial charge < -0.3 is 14.6 Å². The normalized spacial score (nSPS) is 13.6. The summed E-state index contributed by atoms with van der Waals surface area (Å²) in [5.41, 5.74) is 0.162. The molecule has 0 spiro atoms. The van der Waals surface area contributed by atoms with Gasteiger partial charge in [-0.05, 0) is 64.2 Å². The summed E-state index contributed by atoms with van der Waals surface area (Å²) in [6, 6.07) is 7.49. The molecule has 0 amide bonds. The van der Waals surface area contributed by atoms with E-state index in [4.69, 9.17) is 9.47 Å². The monoisotopic (exact) mass is 442 g/mol.